The smallest absolute Gasteiger partial charge is 0.261 e. The van der Waals surface area contributed by atoms with Crippen molar-refractivity contribution in [2.45, 2.75) is 59.2 Å². The molecule has 0 aliphatic rings. The van der Waals surface area contributed by atoms with Crippen molar-refractivity contribution in [3.05, 3.63) is 100 Å². The van der Waals surface area contributed by atoms with Gasteiger partial charge < -0.3 is 15.0 Å². The number of rotatable bonds is 11. The summed E-state index contributed by atoms with van der Waals surface area (Å²) in [5, 5.41) is 3.69. The maximum absolute atomic E-state index is 13.7. The molecule has 6 heteroatoms. The van der Waals surface area contributed by atoms with Gasteiger partial charge in [-0.15, -0.1) is 0 Å². The van der Waals surface area contributed by atoms with Crippen LogP contribution in [0.2, 0.25) is 5.02 Å². The van der Waals surface area contributed by atoms with Crippen LogP contribution in [0, 0.1) is 13.8 Å². The molecule has 1 N–H and O–H groups in total. The topological polar surface area (TPSA) is 58.6 Å². The van der Waals surface area contributed by atoms with E-state index in [0.29, 0.717) is 17.2 Å². The number of aryl methyl sites for hydroxylation is 2. The summed E-state index contributed by atoms with van der Waals surface area (Å²) in [5.74, 6) is 0.219. The van der Waals surface area contributed by atoms with Crippen molar-refractivity contribution in [1.29, 1.82) is 0 Å². The molecule has 36 heavy (non-hydrogen) atoms. The van der Waals surface area contributed by atoms with Gasteiger partial charge in [-0.25, -0.2) is 0 Å². The number of benzene rings is 3. The Hall–Kier alpha value is -3.31. The minimum Gasteiger partial charge on any atom is -0.483 e. The van der Waals surface area contributed by atoms with Gasteiger partial charge in [0.25, 0.3) is 5.91 Å². The van der Waals surface area contributed by atoms with Crippen molar-refractivity contribution in [2.24, 2.45) is 0 Å². The van der Waals surface area contributed by atoms with E-state index in [2.05, 4.69) is 5.32 Å². The fourth-order valence-corrected chi connectivity index (χ4v) is 4.09. The van der Waals surface area contributed by atoms with Crippen LogP contribution in [0.1, 0.15) is 42.5 Å². The lowest BCUT2D eigenvalue weighted by Gasteiger charge is -2.32. The van der Waals surface area contributed by atoms with Crippen molar-refractivity contribution in [3.63, 3.8) is 0 Å². The van der Waals surface area contributed by atoms with Crippen LogP contribution in [-0.2, 0) is 22.6 Å². The van der Waals surface area contributed by atoms with Gasteiger partial charge in [0.15, 0.2) is 6.61 Å². The van der Waals surface area contributed by atoms with Crippen molar-refractivity contribution < 1.29 is 14.3 Å². The highest BCUT2D eigenvalue weighted by Gasteiger charge is 2.31. The van der Waals surface area contributed by atoms with Crippen LogP contribution < -0.4 is 10.1 Å². The van der Waals surface area contributed by atoms with E-state index in [9.17, 15) is 9.59 Å². The molecule has 0 unspecified atom stereocenters. The van der Waals surface area contributed by atoms with E-state index in [1.54, 1.807) is 17.0 Å². The SMILES string of the molecule is CC[C@@H](C)NC(=O)[C@@H](Cc1ccccc1)N(Cc1ccc(Cl)cc1)C(=O)COc1ccc(C)cc1C. The summed E-state index contributed by atoms with van der Waals surface area (Å²) >= 11 is 6.08. The largest absolute Gasteiger partial charge is 0.483 e. The molecule has 190 valence electrons. The molecule has 0 fully saturated rings. The van der Waals surface area contributed by atoms with Crippen LogP contribution in [-0.4, -0.2) is 35.4 Å². The molecule has 2 atom stereocenters. The maximum Gasteiger partial charge on any atom is 0.261 e. The van der Waals surface area contributed by atoms with Gasteiger partial charge in [0.05, 0.1) is 0 Å². The van der Waals surface area contributed by atoms with Crippen LogP contribution in [0.3, 0.4) is 0 Å². The number of hydrogen-bond acceptors (Lipinski definition) is 3. The summed E-state index contributed by atoms with van der Waals surface area (Å²) in [6.45, 7) is 8.05. The van der Waals surface area contributed by atoms with Crippen LogP contribution in [0.5, 0.6) is 5.75 Å². The summed E-state index contributed by atoms with van der Waals surface area (Å²) < 4.78 is 5.93. The molecule has 0 heterocycles. The quantitative estimate of drug-likeness (QED) is 0.352. The Kier molecular flexibility index (Phi) is 9.95. The fraction of sp³-hybridized carbons (Fsp3) is 0.333. The number of amides is 2. The third-order valence-electron chi connectivity index (χ3n) is 6.22. The van der Waals surface area contributed by atoms with Gasteiger partial charge in [0.2, 0.25) is 5.91 Å². The Labute approximate surface area is 219 Å². The summed E-state index contributed by atoms with van der Waals surface area (Å²) in [6.07, 6.45) is 1.19. The lowest BCUT2D eigenvalue weighted by atomic mass is 10.0. The summed E-state index contributed by atoms with van der Waals surface area (Å²) in [6, 6.07) is 22.2. The van der Waals surface area contributed by atoms with E-state index in [1.807, 2.05) is 88.4 Å². The molecule has 0 radical (unpaired) electrons. The first-order valence-corrected chi connectivity index (χ1v) is 12.7. The zero-order valence-corrected chi connectivity index (χ0v) is 22.2. The van der Waals surface area contributed by atoms with Gasteiger partial charge in [-0.3, -0.25) is 9.59 Å². The molecule has 3 aromatic rings. The summed E-state index contributed by atoms with van der Waals surface area (Å²) in [7, 11) is 0. The molecule has 5 nitrogen and oxygen atoms in total. The van der Waals surface area contributed by atoms with E-state index in [-0.39, 0.29) is 31.0 Å². The molecular weight excluding hydrogens is 472 g/mol. The second-order valence-corrected chi connectivity index (χ2v) is 9.67. The maximum atomic E-state index is 13.7. The average Bonchev–Trinajstić information content (AvgIpc) is 2.87. The van der Waals surface area contributed by atoms with E-state index in [4.69, 9.17) is 16.3 Å². The van der Waals surface area contributed by atoms with Gasteiger partial charge in [-0.05, 0) is 62.1 Å². The number of ether oxygens (including phenoxy) is 1. The Morgan fingerprint density at radius 2 is 1.67 bits per heavy atom. The predicted molar refractivity (Wildman–Crippen MR) is 145 cm³/mol. The van der Waals surface area contributed by atoms with Gasteiger partial charge in [-0.1, -0.05) is 78.7 Å². The van der Waals surface area contributed by atoms with Crippen molar-refractivity contribution in [2.75, 3.05) is 6.61 Å². The molecule has 0 bridgehead atoms. The second-order valence-electron chi connectivity index (χ2n) is 9.23. The zero-order valence-electron chi connectivity index (χ0n) is 21.5. The number of carbonyl (C=O) groups is 2. The van der Waals surface area contributed by atoms with Gasteiger partial charge in [0, 0.05) is 24.0 Å². The molecular formula is C30H35ClN2O3. The Balaban J connectivity index is 1.91. The lowest BCUT2D eigenvalue weighted by molar-refractivity contribution is -0.143. The highest BCUT2D eigenvalue weighted by Crippen LogP contribution is 2.21. The molecule has 0 aliphatic heterocycles. The van der Waals surface area contributed by atoms with Crippen LogP contribution in [0.25, 0.3) is 0 Å². The molecule has 0 saturated carbocycles. The number of nitrogens with zero attached hydrogens (tertiary/aromatic N) is 1. The van der Waals surface area contributed by atoms with E-state index >= 15 is 0 Å². The molecule has 0 spiro atoms. The number of carbonyl (C=O) groups excluding carboxylic acids is 2. The van der Waals surface area contributed by atoms with E-state index < -0.39 is 6.04 Å². The van der Waals surface area contributed by atoms with E-state index in [1.165, 1.54) is 0 Å². The van der Waals surface area contributed by atoms with Crippen LogP contribution in [0.15, 0.2) is 72.8 Å². The minimum absolute atomic E-state index is 0.00489. The normalized spacial score (nSPS) is 12.5. The third kappa shape index (κ3) is 7.85. The fourth-order valence-electron chi connectivity index (χ4n) is 3.97. The molecule has 2 amide bonds. The Bertz CT molecular complexity index is 1150. The first kappa shape index (κ1) is 27.3. The highest BCUT2D eigenvalue weighted by molar-refractivity contribution is 6.30. The highest BCUT2D eigenvalue weighted by atomic mass is 35.5. The van der Waals surface area contributed by atoms with Crippen LogP contribution in [0.4, 0.5) is 0 Å². The first-order valence-electron chi connectivity index (χ1n) is 12.3. The average molecular weight is 507 g/mol. The number of halogens is 1. The molecule has 0 aliphatic carbocycles. The van der Waals surface area contributed by atoms with Crippen molar-refractivity contribution in [3.8, 4) is 5.75 Å². The van der Waals surface area contributed by atoms with Crippen molar-refractivity contribution in [1.82, 2.24) is 10.2 Å². The summed E-state index contributed by atoms with van der Waals surface area (Å²) in [4.78, 5) is 28.8. The first-order chi connectivity index (χ1) is 17.3. The summed E-state index contributed by atoms with van der Waals surface area (Å²) in [5.41, 5.74) is 3.95. The molecule has 3 rings (SSSR count). The monoisotopic (exact) mass is 506 g/mol. The van der Waals surface area contributed by atoms with Crippen molar-refractivity contribution >= 4 is 23.4 Å². The second kappa shape index (κ2) is 13.1. The Morgan fingerprint density at radius 3 is 2.31 bits per heavy atom. The molecule has 0 aromatic heterocycles. The predicted octanol–water partition coefficient (Wildman–Crippen LogP) is 5.89. The van der Waals surface area contributed by atoms with Crippen LogP contribution >= 0.6 is 11.6 Å². The van der Waals surface area contributed by atoms with Gasteiger partial charge in [-0.2, -0.15) is 0 Å². The molecule has 0 saturated heterocycles. The molecule has 3 aromatic carbocycles. The Morgan fingerprint density at radius 1 is 0.972 bits per heavy atom. The lowest BCUT2D eigenvalue weighted by Crippen LogP contribution is -2.53. The van der Waals surface area contributed by atoms with Gasteiger partial charge >= 0.3 is 0 Å². The number of hydrogen-bond donors (Lipinski definition) is 1. The van der Waals surface area contributed by atoms with E-state index in [0.717, 1.165) is 28.7 Å². The zero-order chi connectivity index (χ0) is 26.1. The number of nitrogens with one attached hydrogen (secondary N) is 1. The standard InChI is InChI=1S/C30H35ClN2O3/c1-5-23(4)32-30(35)27(18-24-9-7-6-8-10-24)33(19-25-12-14-26(31)15-13-25)29(34)20-36-28-16-11-21(2)17-22(28)3/h6-17,23,27H,5,18-20H2,1-4H3,(H,32,35)/t23-,27-/m1/s1. The minimum atomic E-state index is -0.702. The third-order valence-corrected chi connectivity index (χ3v) is 6.47. The van der Waals surface area contributed by atoms with Gasteiger partial charge in [0.1, 0.15) is 11.8 Å².